The molecule has 1 N–H and O–H groups in total. The van der Waals surface area contributed by atoms with Gasteiger partial charge in [0.1, 0.15) is 5.60 Å². The minimum Gasteiger partial charge on any atom is -0.480 e. The summed E-state index contributed by atoms with van der Waals surface area (Å²) >= 11 is 3.28. The molecule has 1 rings (SSSR count). The number of hydrogen-bond donors (Lipinski definition) is 1. The van der Waals surface area contributed by atoms with E-state index in [0.29, 0.717) is 16.0 Å². The van der Waals surface area contributed by atoms with Crippen LogP contribution in [0.3, 0.4) is 0 Å². The number of nitrogens with zero attached hydrogens (tertiary/aromatic N) is 1. The molecule has 0 fully saturated rings. The van der Waals surface area contributed by atoms with Gasteiger partial charge in [0.05, 0.1) is 23.5 Å². The lowest BCUT2D eigenvalue weighted by molar-refractivity contribution is 0.0636. The van der Waals surface area contributed by atoms with Gasteiger partial charge in [0, 0.05) is 0 Å². The Morgan fingerprint density at radius 2 is 2.12 bits per heavy atom. The first kappa shape index (κ1) is 13.8. The summed E-state index contributed by atoms with van der Waals surface area (Å²) < 4.78 is 10.8. The Morgan fingerprint density at radius 1 is 1.47 bits per heavy atom. The maximum absolute atomic E-state index is 11.5. The summed E-state index contributed by atoms with van der Waals surface area (Å²) in [6.45, 7) is 5.40. The van der Waals surface area contributed by atoms with Gasteiger partial charge in [-0.1, -0.05) is 0 Å². The van der Waals surface area contributed by atoms with Crippen LogP contribution in [0.15, 0.2) is 16.7 Å². The van der Waals surface area contributed by atoms with Gasteiger partial charge in [-0.05, 0) is 42.8 Å². The summed E-state index contributed by atoms with van der Waals surface area (Å²) in [5.74, 6) is 0.458. The van der Waals surface area contributed by atoms with Crippen LogP contribution >= 0.6 is 15.9 Å². The zero-order valence-corrected chi connectivity index (χ0v) is 11.8. The second-order valence-corrected chi connectivity index (χ2v) is 5.20. The largest absolute Gasteiger partial charge is 0.480 e. The van der Waals surface area contributed by atoms with Gasteiger partial charge < -0.3 is 9.47 Å². The van der Waals surface area contributed by atoms with Crippen LogP contribution in [0.2, 0.25) is 0 Å². The smallest absolute Gasteiger partial charge is 0.412 e. The fourth-order valence-corrected chi connectivity index (χ4v) is 1.58. The molecule has 0 atom stereocenters. The van der Waals surface area contributed by atoms with Gasteiger partial charge in [-0.2, -0.15) is 0 Å². The third kappa shape index (κ3) is 4.60. The standard InChI is InChI=1S/C11H15BrN2O3/c1-11(2,3)17-10(15)14-7-5-8(12)9(16-4)13-6-7/h5-6H,1-4H3,(H,14,15). The molecule has 0 aliphatic heterocycles. The van der Waals surface area contributed by atoms with E-state index in [4.69, 9.17) is 9.47 Å². The van der Waals surface area contributed by atoms with Crippen molar-refractivity contribution < 1.29 is 14.3 Å². The second kappa shape index (κ2) is 5.35. The molecule has 1 aromatic heterocycles. The zero-order valence-electron chi connectivity index (χ0n) is 10.2. The van der Waals surface area contributed by atoms with Crippen LogP contribution in [0.1, 0.15) is 20.8 Å². The van der Waals surface area contributed by atoms with Gasteiger partial charge in [-0.3, -0.25) is 5.32 Å². The van der Waals surface area contributed by atoms with Gasteiger partial charge >= 0.3 is 6.09 Å². The molecule has 1 amide bonds. The fraction of sp³-hybridized carbons (Fsp3) is 0.455. The van der Waals surface area contributed by atoms with Crippen molar-refractivity contribution >= 4 is 27.7 Å². The predicted octanol–water partition coefficient (Wildman–Crippen LogP) is 3.20. The molecule has 0 unspecified atom stereocenters. The van der Waals surface area contributed by atoms with Gasteiger partial charge in [-0.25, -0.2) is 9.78 Å². The van der Waals surface area contributed by atoms with Crippen molar-refractivity contribution in [1.29, 1.82) is 0 Å². The normalized spacial score (nSPS) is 10.9. The first-order valence-electron chi connectivity index (χ1n) is 5.01. The number of hydrogen-bond acceptors (Lipinski definition) is 4. The summed E-state index contributed by atoms with van der Waals surface area (Å²) in [6.07, 6.45) is 0.976. The Morgan fingerprint density at radius 3 is 2.59 bits per heavy atom. The van der Waals surface area contributed by atoms with Crippen molar-refractivity contribution in [2.24, 2.45) is 0 Å². The van der Waals surface area contributed by atoms with Crippen LogP contribution in [0.25, 0.3) is 0 Å². The van der Waals surface area contributed by atoms with Crippen LogP contribution in [0, 0.1) is 0 Å². The topological polar surface area (TPSA) is 60.5 Å². The SMILES string of the molecule is COc1ncc(NC(=O)OC(C)(C)C)cc1Br. The molecule has 0 bridgehead atoms. The highest BCUT2D eigenvalue weighted by atomic mass is 79.9. The van der Waals surface area contributed by atoms with Crippen molar-refractivity contribution in [3.05, 3.63) is 16.7 Å². The van der Waals surface area contributed by atoms with Gasteiger partial charge in [0.2, 0.25) is 5.88 Å². The first-order chi connectivity index (χ1) is 7.81. The molecular weight excluding hydrogens is 288 g/mol. The number of carbonyl (C=O) groups is 1. The molecule has 0 aliphatic carbocycles. The fourth-order valence-electron chi connectivity index (χ4n) is 1.07. The first-order valence-corrected chi connectivity index (χ1v) is 5.80. The highest BCUT2D eigenvalue weighted by Crippen LogP contribution is 2.25. The average molecular weight is 303 g/mol. The summed E-state index contributed by atoms with van der Waals surface area (Å²) in [4.78, 5) is 15.5. The molecule has 6 heteroatoms. The molecular formula is C11H15BrN2O3. The Kier molecular flexibility index (Phi) is 4.34. The number of amides is 1. The Hall–Kier alpha value is -1.30. The maximum atomic E-state index is 11.5. The van der Waals surface area contributed by atoms with E-state index in [0.717, 1.165) is 0 Å². The Balaban J connectivity index is 2.69. The van der Waals surface area contributed by atoms with Crippen molar-refractivity contribution in [1.82, 2.24) is 4.98 Å². The zero-order chi connectivity index (χ0) is 13.1. The van der Waals surface area contributed by atoms with E-state index >= 15 is 0 Å². The van der Waals surface area contributed by atoms with Crippen molar-refractivity contribution in [3.8, 4) is 5.88 Å². The van der Waals surface area contributed by atoms with Crippen LogP contribution in [0.5, 0.6) is 5.88 Å². The molecule has 0 spiro atoms. The molecule has 0 radical (unpaired) electrons. The van der Waals surface area contributed by atoms with Gasteiger partial charge in [-0.15, -0.1) is 0 Å². The van der Waals surface area contributed by atoms with E-state index in [1.807, 2.05) is 0 Å². The number of rotatable bonds is 2. The van der Waals surface area contributed by atoms with Crippen molar-refractivity contribution in [2.45, 2.75) is 26.4 Å². The highest BCUT2D eigenvalue weighted by Gasteiger charge is 2.16. The number of pyridine rings is 1. The molecule has 0 aliphatic rings. The van der Waals surface area contributed by atoms with Gasteiger partial charge in [0.15, 0.2) is 0 Å². The lowest BCUT2D eigenvalue weighted by Gasteiger charge is -2.19. The lowest BCUT2D eigenvalue weighted by Crippen LogP contribution is -2.27. The van der Waals surface area contributed by atoms with E-state index < -0.39 is 11.7 Å². The van der Waals surface area contributed by atoms with Crippen LogP contribution in [-0.4, -0.2) is 23.8 Å². The molecule has 5 nitrogen and oxygen atoms in total. The van der Waals surface area contributed by atoms with Crippen LogP contribution in [0.4, 0.5) is 10.5 Å². The molecule has 0 saturated heterocycles. The highest BCUT2D eigenvalue weighted by molar-refractivity contribution is 9.10. The number of nitrogens with one attached hydrogen (secondary N) is 1. The van der Waals surface area contributed by atoms with E-state index in [-0.39, 0.29) is 0 Å². The van der Waals surface area contributed by atoms with E-state index in [2.05, 4.69) is 26.2 Å². The third-order valence-electron chi connectivity index (χ3n) is 1.65. The quantitative estimate of drug-likeness (QED) is 0.911. The van der Waals surface area contributed by atoms with Crippen LogP contribution in [-0.2, 0) is 4.74 Å². The number of ether oxygens (including phenoxy) is 2. The lowest BCUT2D eigenvalue weighted by atomic mass is 10.2. The minimum atomic E-state index is -0.527. The number of anilines is 1. The van der Waals surface area contributed by atoms with Crippen LogP contribution < -0.4 is 10.1 Å². The Bertz CT molecular complexity index is 416. The van der Waals surface area contributed by atoms with E-state index in [1.165, 1.54) is 13.3 Å². The molecule has 94 valence electrons. The third-order valence-corrected chi connectivity index (χ3v) is 2.21. The van der Waals surface area contributed by atoms with Crippen molar-refractivity contribution in [2.75, 3.05) is 12.4 Å². The maximum Gasteiger partial charge on any atom is 0.412 e. The number of carbonyl (C=O) groups excluding carboxylic acids is 1. The van der Waals surface area contributed by atoms with Crippen molar-refractivity contribution in [3.63, 3.8) is 0 Å². The molecule has 17 heavy (non-hydrogen) atoms. The number of methoxy groups -OCH3 is 1. The summed E-state index contributed by atoms with van der Waals surface area (Å²) in [6, 6.07) is 1.69. The number of aromatic nitrogens is 1. The molecule has 1 heterocycles. The second-order valence-electron chi connectivity index (χ2n) is 4.34. The monoisotopic (exact) mass is 302 g/mol. The summed E-state index contributed by atoms with van der Waals surface area (Å²) in [5, 5.41) is 2.58. The summed E-state index contributed by atoms with van der Waals surface area (Å²) in [5.41, 5.74) is 0.00762. The predicted molar refractivity (Wildman–Crippen MR) is 68.3 cm³/mol. The van der Waals surface area contributed by atoms with E-state index in [1.54, 1.807) is 26.8 Å². The average Bonchev–Trinajstić information content (AvgIpc) is 2.14. The molecule has 0 saturated carbocycles. The van der Waals surface area contributed by atoms with E-state index in [9.17, 15) is 4.79 Å². The molecule has 0 aromatic carbocycles. The number of halogens is 1. The Labute approximate surface area is 109 Å². The van der Waals surface area contributed by atoms with Gasteiger partial charge in [0.25, 0.3) is 0 Å². The minimum absolute atomic E-state index is 0.458. The molecule has 1 aromatic rings. The summed E-state index contributed by atoms with van der Waals surface area (Å²) in [7, 11) is 1.52.